The van der Waals surface area contributed by atoms with Crippen LogP contribution in [0.4, 0.5) is 5.69 Å². The molecule has 6 nitrogen and oxygen atoms in total. The molecule has 118 valence electrons. The first kappa shape index (κ1) is 17.0. The number of benzene rings is 1. The van der Waals surface area contributed by atoms with E-state index in [2.05, 4.69) is 21.2 Å². The lowest BCUT2D eigenvalue weighted by molar-refractivity contribution is -0.134. The van der Waals surface area contributed by atoms with Crippen LogP contribution in [0.3, 0.4) is 0 Å². The number of anilines is 1. The lowest BCUT2D eigenvalue weighted by atomic mass is 10.1. The summed E-state index contributed by atoms with van der Waals surface area (Å²) in [6.45, 7) is 0. The van der Waals surface area contributed by atoms with E-state index in [4.69, 9.17) is 5.11 Å². The monoisotopic (exact) mass is 395 g/mol. The van der Waals surface area contributed by atoms with Gasteiger partial charge in [-0.25, -0.2) is 4.79 Å². The van der Waals surface area contributed by atoms with Crippen LogP contribution in [0.5, 0.6) is 0 Å². The van der Waals surface area contributed by atoms with Gasteiger partial charge < -0.3 is 10.4 Å². The molecule has 2 N–H and O–H groups in total. The Morgan fingerprint density at radius 3 is 2.52 bits per heavy atom. The number of carboxylic acid groups (broad SMARTS) is 1. The lowest BCUT2D eigenvalue weighted by Crippen LogP contribution is -2.25. The van der Waals surface area contributed by atoms with Gasteiger partial charge in [-0.2, -0.15) is 0 Å². The van der Waals surface area contributed by atoms with Crippen LogP contribution in [-0.2, 0) is 9.59 Å². The van der Waals surface area contributed by atoms with E-state index in [1.807, 2.05) is 0 Å². The molecule has 1 aromatic heterocycles. The second kappa shape index (κ2) is 7.30. The third kappa shape index (κ3) is 4.33. The van der Waals surface area contributed by atoms with E-state index in [0.29, 0.717) is 9.35 Å². The minimum atomic E-state index is -1.25. The predicted octanol–water partition coefficient (Wildman–Crippen LogP) is 2.99. The van der Waals surface area contributed by atoms with Gasteiger partial charge >= 0.3 is 5.97 Å². The molecule has 0 unspecified atom stereocenters. The molecule has 0 spiro atoms. The van der Waals surface area contributed by atoms with Crippen molar-refractivity contribution in [3.8, 4) is 0 Å². The number of carbonyl (C=O) groups is 4. The number of rotatable bonds is 6. The summed E-state index contributed by atoms with van der Waals surface area (Å²) in [4.78, 5) is 47.0. The van der Waals surface area contributed by atoms with E-state index < -0.39 is 29.9 Å². The summed E-state index contributed by atoms with van der Waals surface area (Å²) in [5.41, 5.74) is -0.173. The highest BCUT2D eigenvalue weighted by molar-refractivity contribution is 9.10. The van der Waals surface area contributed by atoms with E-state index in [1.165, 1.54) is 29.5 Å². The third-order valence-electron chi connectivity index (χ3n) is 2.83. The Morgan fingerprint density at radius 1 is 1.17 bits per heavy atom. The molecule has 0 aliphatic heterocycles. The van der Waals surface area contributed by atoms with Crippen molar-refractivity contribution >= 4 is 56.4 Å². The number of carbonyl (C=O) groups excluding carboxylic acids is 3. The lowest BCUT2D eigenvalue weighted by Gasteiger charge is -2.08. The summed E-state index contributed by atoms with van der Waals surface area (Å²) >= 11 is 4.31. The van der Waals surface area contributed by atoms with Crippen molar-refractivity contribution in [1.82, 2.24) is 0 Å². The number of thiophene rings is 1. The molecular formula is C15H10BrNO5S. The highest BCUT2D eigenvalue weighted by Crippen LogP contribution is 2.21. The fraction of sp³-hybridized carbons (Fsp3) is 0.0667. The standard InChI is InChI=1S/C15H10BrNO5S/c16-8-3-4-10(9(6-8)15(21)22)17-14(20)12(19)7-11(18)13-2-1-5-23-13/h1-6H,7H2,(H,17,20)(H,21,22). The van der Waals surface area contributed by atoms with Crippen molar-refractivity contribution in [2.75, 3.05) is 5.32 Å². The van der Waals surface area contributed by atoms with E-state index in [-0.39, 0.29) is 11.3 Å². The summed E-state index contributed by atoms with van der Waals surface area (Å²) in [7, 11) is 0. The molecule has 8 heteroatoms. The molecular weight excluding hydrogens is 386 g/mol. The van der Waals surface area contributed by atoms with Gasteiger partial charge in [0, 0.05) is 4.47 Å². The quantitative estimate of drug-likeness (QED) is 0.444. The maximum Gasteiger partial charge on any atom is 0.337 e. The molecule has 0 saturated heterocycles. The maximum absolute atomic E-state index is 11.9. The zero-order valence-electron chi connectivity index (χ0n) is 11.5. The predicted molar refractivity (Wildman–Crippen MR) is 88.0 cm³/mol. The zero-order valence-corrected chi connectivity index (χ0v) is 13.9. The average molecular weight is 396 g/mol. The van der Waals surface area contributed by atoms with Crippen molar-refractivity contribution in [3.05, 3.63) is 50.6 Å². The summed E-state index contributed by atoms with van der Waals surface area (Å²) in [6, 6.07) is 7.43. The number of hydrogen-bond donors (Lipinski definition) is 2. The summed E-state index contributed by atoms with van der Waals surface area (Å²) in [5.74, 6) is -3.65. The first-order valence-corrected chi connectivity index (χ1v) is 7.99. The SMILES string of the molecule is O=C(CC(=O)c1cccs1)C(=O)Nc1ccc(Br)cc1C(=O)O. The van der Waals surface area contributed by atoms with Crippen LogP contribution in [0.1, 0.15) is 26.5 Å². The van der Waals surface area contributed by atoms with Crippen molar-refractivity contribution < 1.29 is 24.3 Å². The van der Waals surface area contributed by atoms with Crippen LogP contribution in [0, 0.1) is 0 Å². The molecule has 1 aromatic carbocycles. The van der Waals surface area contributed by atoms with E-state index in [1.54, 1.807) is 17.5 Å². The first-order chi connectivity index (χ1) is 10.9. The van der Waals surface area contributed by atoms with Gasteiger partial charge in [0.05, 0.1) is 22.5 Å². The van der Waals surface area contributed by atoms with Gasteiger partial charge in [0.15, 0.2) is 5.78 Å². The number of carboxylic acids is 1. The minimum absolute atomic E-state index is 0.0115. The number of nitrogens with one attached hydrogen (secondary N) is 1. The van der Waals surface area contributed by atoms with Gasteiger partial charge in [0.1, 0.15) is 0 Å². The van der Waals surface area contributed by atoms with Crippen LogP contribution >= 0.6 is 27.3 Å². The average Bonchev–Trinajstić information content (AvgIpc) is 3.03. The fourth-order valence-corrected chi connectivity index (χ4v) is 2.77. The van der Waals surface area contributed by atoms with E-state index >= 15 is 0 Å². The molecule has 0 bridgehead atoms. The summed E-state index contributed by atoms with van der Waals surface area (Å²) < 4.78 is 0.520. The first-order valence-electron chi connectivity index (χ1n) is 6.32. The molecule has 0 atom stereocenters. The van der Waals surface area contributed by atoms with Crippen molar-refractivity contribution in [3.63, 3.8) is 0 Å². The normalized spacial score (nSPS) is 10.1. The van der Waals surface area contributed by atoms with Crippen LogP contribution in [-0.4, -0.2) is 28.5 Å². The van der Waals surface area contributed by atoms with Gasteiger partial charge in [0.25, 0.3) is 5.91 Å². The minimum Gasteiger partial charge on any atom is -0.478 e. The zero-order chi connectivity index (χ0) is 17.0. The molecule has 2 aromatic rings. The molecule has 0 saturated carbocycles. The smallest absolute Gasteiger partial charge is 0.337 e. The van der Waals surface area contributed by atoms with Crippen LogP contribution in [0.15, 0.2) is 40.2 Å². The van der Waals surface area contributed by atoms with Crippen molar-refractivity contribution in [2.24, 2.45) is 0 Å². The summed E-state index contributed by atoms with van der Waals surface area (Å²) in [6.07, 6.45) is -0.564. The number of amides is 1. The molecule has 0 aliphatic rings. The highest BCUT2D eigenvalue weighted by Gasteiger charge is 2.21. The van der Waals surface area contributed by atoms with Crippen molar-refractivity contribution in [1.29, 1.82) is 0 Å². The highest BCUT2D eigenvalue weighted by atomic mass is 79.9. The van der Waals surface area contributed by atoms with Crippen LogP contribution in [0.2, 0.25) is 0 Å². The topological polar surface area (TPSA) is 101 Å². The Bertz CT molecular complexity index is 785. The van der Waals surface area contributed by atoms with Gasteiger partial charge in [-0.3, -0.25) is 14.4 Å². The second-order valence-electron chi connectivity index (χ2n) is 4.45. The number of ketones is 2. The molecule has 0 fully saturated rings. The Hall–Kier alpha value is -2.32. The van der Waals surface area contributed by atoms with Gasteiger partial charge in [-0.1, -0.05) is 22.0 Å². The molecule has 0 aliphatic carbocycles. The number of halogens is 1. The molecule has 1 amide bonds. The molecule has 1 heterocycles. The Kier molecular flexibility index (Phi) is 5.41. The fourth-order valence-electron chi connectivity index (χ4n) is 1.74. The Labute approximate surface area is 143 Å². The van der Waals surface area contributed by atoms with Gasteiger partial charge in [-0.05, 0) is 29.6 Å². The molecule has 0 radical (unpaired) electrons. The Balaban J connectivity index is 2.08. The number of aromatic carboxylic acids is 1. The number of Topliss-reactive ketones (excluding diaryl/α,β-unsaturated/α-hetero) is 2. The molecule has 2 rings (SSSR count). The van der Waals surface area contributed by atoms with Crippen LogP contribution < -0.4 is 5.32 Å². The second-order valence-corrected chi connectivity index (χ2v) is 6.31. The van der Waals surface area contributed by atoms with Gasteiger partial charge in [0.2, 0.25) is 5.78 Å². The molecule has 23 heavy (non-hydrogen) atoms. The van der Waals surface area contributed by atoms with E-state index in [0.717, 1.165) is 0 Å². The largest absolute Gasteiger partial charge is 0.478 e. The maximum atomic E-state index is 11.9. The number of hydrogen-bond acceptors (Lipinski definition) is 5. The third-order valence-corrected chi connectivity index (χ3v) is 4.23. The van der Waals surface area contributed by atoms with E-state index in [9.17, 15) is 19.2 Å². The Morgan fingerprint density at radius 2 is 1.91 bits per heavy atom. The van der Waals surface area contributed by atoms with Crippen molar-refractivity contribution in [2.45, 2.75) is 6.42 Å². The van der Waals surface area contributed by atoms with Crippen LogP contribution in [0.25, 0.3) is 0 Å². The summed E-state index contributed by atoms with van der Waals surface area (Å²) in [5, 5.41) is 13.0. The van der Waals surface area contributed by atoms with Gasteiger partial charge in [-0.15, -0.1) is 11.3 Å².